The monoisotopic (exact) mass is 349 g/mol. The maximum atomic E-state index is 10.5. The Labute approximate surface area is 143 Å². The number of ether oxygens (including phenoxy) is 1. The van der Waals surface area contributed by atoms with E-state index in [1.165, 1.54) is 17.7 Å². The number of benzene rings is 2. The van der Waals surface area contributed by atoms with Gasteiger partial charge in [0.25, 0.3) is 10.1 Å². The molecule has 0 spiro atoms. The Morgan fingerprint density at radius 1 is 1.12 bits per heavy atom. The predicted molar refractivity (Wildman–Crippen MR) is 93.5 cm³/mol. The molecule has 0 aromatic heterocycles. The van der Waals surface area contributed by atoms with Crippen molar-refractivity contribution in [2.24, 2.45) is 0 Å². The highest BCUT2D eigenvalue weighted by Gasteiger charge is 2.14. The second kappa shape index (κ2) is 8.94. The average molecular weight is 349 g/mol. The highest BCUT2D eigenvalue weighted by molar-refractivity contribution is 7.85. The van der Waals surface area contributed by atoms with Gasteiger partial charge in [-0.1, -0.05) is 48.0 Å². The van der Waals surface area contributed by atoms with Gasteiger partial charge in [-0.3, -0.25) is 4.55 Å². The zero-order chi connectivity index (χ0) is 17.4. The van der Waals surface area contributed by atoms with Crippen molar-refractivity contribution in [2.75, 3.05) is 13.1 Å². The number of hydrogen-bond donors (Lipinski definition) is 2. The maximum absolute atomic E-state index is 10.5. The van der Waals surface area contributed by atoms with Gasteiger partial charge in [0.2, 0.25) is 0 Å². The maximum Gasteiger partial charge on any atom is 0.294 e. The molecule has 1 aliphatic rings. The fraction of sp³-hybridized carbons (Fsp3) is 0.333. The molecule has 2 N–H and O–H groups in total. The first kappa shape index (κ1) is 18.6. The van der Waals surface area contributed by atoms with Crippen molar-refractivity contribution >= 4 is 10.1 Å². The molecule has 130 valence electrons. The van der Waals surface area contributed by atoms with E-state index >= 15 is 0 Å². The molecule has 2 aromatic carbocycles. The molecule has 0 saturated carbocycles. The van der Waals surface area contributed by atoms with Crippen molar-refractivity contribution in [3.05, 3.63) is 65.7 Å². The summed E-state index contributed by atoms with van der Waals surface area (Å²) in [7, 11) is -4.02. The SMILES string of the molecule is Cc1ccc(S(=O)(=O)O)cc1.c1ccc(CO[C@@H]2CCNC2)cc1. The van der Waals surface area contributed by atoms with Gasteiger partial charge in [0.05, 0.1) is 17.6 Å². The van der Waals surface area contributed by atoms with E-state index < -0.39 is 10.1 Å². The predicted octanol–water partition coefficient (Wildman–Crippen LogP) is 2.81. The zero-order valence-corrected chi connectivity index (χ0v) is 14.5. The van der Waals surface area contributed by atoms with Crippen molar-refractivity contribution in [1.82, 2.24) is 5.32 Å². The zero-order valence-electron chi connectivity index (χ0n) is 13.7. The van der Waals surface area contributed by atoms with E-state index in [0.29, 0.717) is 6.10 Å². The molecule has 3 rings (SSSR count). The average Bonchev–Trinajstić information content (AvgIpc) is 3.08. The van der Waals surface area contributed by atoms with Gasteiger partial charge in [-0.05, 0) is 37.6 Å². The topological polar surface area (TPSA) is 75.6 Å². The van der Waals surface area contributed by atoms with Gasteiger partial charge in [-0.2, -0.15) is 8.42 Å². The first-order chi connectivity index (χ1) is 11.4. The molecule has 24 heavy (non-hydrogen) atoms. The van der Waals surface area contributed by atoms with E-state index in [2.05, 4.69) is 17.4 Å². The van der Waals surface area contributed by atoms with Crippen molar-refractivity contribution in [3.8, 4) is 0 Å². The van der Waals surface area contributed by atoms with Crippen LogP contribution in [0.2, 0.25) is 0 Å². The molecular weight excluding hydrogens is 326 g/mol. The minimum atomic E-state index is -4.02. The van der Waals surface area contributed by atoms with E-state index in [1.807, 2.05) is 25.1 Å². The molecule has 1 aliphatic heterocycles. The van der Waals surface area contributed by atoms with E-state index in [4.69, 9.17) is 9.29 Å². The number of nitrogens with one attached hydrogen (secondary N) is 1. The Morgan fingerprint density at radius 2 is 1.79 bits per heavy atom. The van der Waals surface area contributed by atoms with Crippen LogP contribution < -0.4 is 5.32 Å². The summed E-state index contributed by atoms with van der Waals surface area (Å²) in [5.74, 6) is 0. The second-order valence-corrected chi connectivity index (χ2v) is 7.12. The molecule has 6 heteroatoms. The minimum Gasteiger partial charge on any atom is -0.372 e. The lowest BCUT2D eigenvalue weighted by Gasteiger charge is -2.09. The van der Waals surface area contributed by atoms with Crippen LogP contribution in [0, 0.1) is 6.92 Å². The molecule has 5 nitrogen and oxygen atoms in total. The van der Waals surface area contributed by atoms with Gasteiger partial charge in [-0.15, -0.1) is 0 Å². The van der Waals surface area contributed by atoms with Gasteiger partial charge in [-0.25, -0.2) is 0 Å². The van der Waals surface area contributed by atoms with Crippen LogP contribution in [0.3, 0.4) is 0 Å². The third-order valence-electron chi connectivity index (χ3n) is 3.66. The standard InChI is InChI=1S/C11H15NO.C7H8O3S/c1-2-4-10(5-3-1)9-13-11-6-7-12-8-11;1-6-2-4-7(5-3-6)11(8,9)10/h1-5,11-12H,6-9H2;2-5H,1H3,(H,8,9,10)/t11-;/m1./s1. The van der Waals surface area contributed by atoms with Crippen LogP contribution in [0.1, 0.15) is 17.5 Å². The van der Waals surface area contributed by atoms with Gasteiger partial charge in [0, 0.05) is 6.54 Å². The third-order valence-corrected chi connectivity index (χ3v) is 4.53. The fourth-order valence-corrected chi connectivity index (χ4v) is 2.75. The van der Waals surface area contributed by atoms with Crippen LogP contribution in [-0.4, -0.2) is 32.2 Å². The molecule has 1 saturated heterocycles. The molecule has 2 aromatic rings. The van der Waals surface area contributed by atoms with Crippen molar-refractivity contribution in [1.29, 1.82) is 0 Å². The molecule has 1 heterocycles. The van der Waals surface area contributed by atoms with Gasteiger partial charge in [0.1, 0.15) is 0 Å². The number of aryl methyl sites for hydroxylation is 1. The van der Waals surface area contributed by atoms with Crippen LogP contribution in [0.4, 0.5) is 0 Å². The highest BCUT2D eigenvalue weighted by atomic mass is 32.2. The van der Waals surface area contributed by atoms with Crippen LogP contribution in [0.25, 0.3) is 0 Å². The lowest BCUT2D eigenvalue weighted by Crippen LogP contribution is -2.16. The van der Waals surface area contributed by atoms with Crippen LogP contribution in [-0.2, 0) is 21.5 Å². The first-order valence-corrected chi connectivity index (χ1v) is 9.29. The summed E-state index contributed by atoms with van der Waals surface area (Å²) in [5.41, 5.74) is 2.21. The Bertz CT molecular complexity index is 708. The molecule has 0 radical (unpaired) electrons. The van der Waals surface area contributed by atoms with Crippen LogP contribution in [0.5, 0.6) is 0 Å². The summed E-state index contributed by atoms with van der Waals surface area (Å²) in [4.78, 5) is -0.0666. The Hall–Kier alpha value is -1.73. The summed E-state index contributed by atoms with van der Waals surface area (Å²) in [6.07, 6.45) is 1.56. The summed E-state index contributed by atoms with van der Waals surface area (Å²) < 4.78 is 35.3. The normalized spacial score (nSPS) is 17.2. The summed E-state index contributed by atoms with van der Waals surface area (Å²) in [5, 5.41) is 3.28. The molecule has 0 bridgehead atoms. The van der Waals surface area contributed by atoms with Crippen molar-refractivity contribution in [3.63, 3.8) is 0 Å². The van der Waals surface area contributed by atoms with Crippen molar-refractivity contribution in [2.45, 2.75) is 31.0 Å². The van der Waals surface area contributed by atoms with Gasteiger partial charge in [0.15, 0.2) is 0 Å². The molecule has 0 amide bonds. The Kier molecular flexibility index (Phi) is 6.93. The molecule has 0 unspecified atom stereocenters. The first-order valence-electron chi connectivity index (χ1n) is 7.85. The van der Waals surface area contributed by atoms with Crippen molar-refractivity contribution < 1.29 is 17.7 Å². The molecular formula is C18H23NO4S. The molecule has 1 fully saturated rings. The quantitative estimate of drug-likeness (QED) is 0.830. The van der Waals surface area contributed by atoms with E-state index in [1.54, 1.807) is 12.1 Å². The van der Waals surface area contributed by atoms with Crippen LogP contribution >= 0.6 is 0 Å². The van der Waals surface area contributed by atoms with Crippen LogP contribution in [0.15, 0.2) is 59.5 Å². The Morgan fingerprint density at radius 3 is 2.33 bits per heavy atom. The second-order valence-electron chi connectivity index (χ2n) is 5.70. The van der Waals surface area contributed by atoms with Gasteiger partial charge < -0.3 is 10.1 Å². The third kappa shape index (κ3) is 6.41. The largest absolute Gasteiger partial charge is 0.372 e. The lowest BCUT2D eigenvalue weighted by molar-refractivity contribution is 0.0542. The summed E-state index contributed by atoms with van der Waals surface area (Å²) in [6.45, 7) is 4.69. The number of hydrogen-bond acceptors (Lipinski definition) is 4. The lowest BCUT2D eigenvalue weighted by atomic mass is 10.2. The molecule has 1 atom stereocenters. The number of rotatable bonds is 4. The minimum absolute atomic E-state index is 0.0666. The highest BCUT2D eigenvalue weighted by Crippen LogP contribution is 2.09. The summed E-state index contributed by atoms with van der Waals surface area (Å²) in [6, 6.07) is 16.3. The van der Waals surface area contributed by atoms with E-state index in [0.717, 1.165) is 31.7 Å². The molecule has 0 aliphatic carbocycles. The fourth-order valence-electron chi connectivity index (χ4n) is 2.27. The van der Waals surface area contributed by atoms with E-state index in [9.17, 15) is 8.42 Å². The smallest absolute Gasteiger partial charge is 0.294 e. The van der Waals surface area contributed by atoms with Gasteiger partial charge >= 0.3 is 0 Å². The summed E-state index contributed by atoms with van der Waals surface area (Å²) >= 11 is 0. The van der Waals surface area contributed by atoms with E-state index in [-0.39, 0.29) is 4.90 Å². The Balaban J connectivity index is 0.000000177.